The summed E-state index contributed by atoms with van der Waals surface area (Å²) in [6.07, 6.45) is 8.05. The van der Waals surface area contributed by atoms with E-state index in [4.69, 9.17) is 4.74 Å². The van der Waals surface area contributed by atoms with E-state index in [1.807, 2.05) is 0 Å². The van der Waals surface area contributed by atoms with Crippen molar-refractivity contribution in [2.24, 2.45) is 0 Å². The van der Waals surface area contributed by atoms with Gasteiger partial charge in [0.25, 0.3) is 0 Å². The quantitative estimate of drug-likeness (QED) is 0.829. The molecule has 1 saturated heterocycles. The Morgan fingerprint density at radius 2 is 2.05 bits per heavy atom. The zero-order valence-electron chi connectivity index (χ0n) is 12.1. The van der Waals surface area contributed by atoms with Crippen molar-refractivity contribution in [3.63, 3.8) is 0 Å². The number of aryl methyl sites for hydroxylation is 1. The zero-order valence-corrected chi connectivity index (χ0v) is 12.1. The first-order valence-electron chi connectivity index (χ1n) is 7.85. The van der Waals surface area contributed by atoms with Crippen LogP contribution in [0.3, 0.4) is 0 Å². The summed E-state index contributed by atoms with van der Waals surface area (Å²) in [4.78, 5) is 4.65. The number of hydrogen-bond donors (Lipinski definition) is 0. The third-order valence-corrected chi connectivity index (χ3v) is 5.08. The average molecular weight is 270 g/mol. The second-order valence-electron chi connectivity index (χ2n) is 6.43. The minimum absolute atomic E-state index is 0.231. The predicted molar refractivity (Wildman–Crippen MR) is 79.8 cm³/mol. The minimum atomic E-state index is 0.231. The van der Waals surface area contributed by atoms with Crippen LogP contribution in [-0.4, -0.2) is 21.3 Å². The van der Waals surface area contributed by atoms with Crippen LogP contribution in [0.25, 0.3) is 11.0 Å². The van der Waals surface area contributed by atoms with Gasteiger partial charge in [0.1, 0.15) is 5.82 Å². The lowest BCUT2D eigenvalue weighted by atomic mass is 9.98. The van der Waals surface area contributed by atoms with Crippen molar-refractivity contribution >= 4 is 11.0 Å². The number of rotatable bonds is 2. The molecule has 4 rings (SSSR count). The Kier molecular flexibility index (Phi) is 2.84. The monoisotopic (exact) mass is 270 g/mol. The highest BCUT2D eigenvalue weighted by Crippen LogP contribution is 2.43. The topological polar surface area (TPSA) is 27.1 Å². The van der Waals surface area contributed by atoms with Crippen molar-refractivity contribution in [3.8, 4) is 0 Å². The maximum atomic E-state index is 6.44. The van der Waals surface area contributed by atoms with E-state index < -0.39 is 0 Å². The normalized spacial score (nSPS) is 24.9. The summed E-state index contributed by atoms with van der Waals surface area (Å²) < 4.78 is 8.77. The fraction of sp³-hybridized carbons (Fsp3) is 0.588. The van der Waals surface area contributed by atoms with E-state index in [1.165, 1.54) is 44.0 Å². The first-order chi connectivity index (χ1) is 9.76. The molecule has 20 heavy (non-hydrogen) atoms. The number of fused-ring (bicyclic) bond motifs is 1. The Morgan fingerprint density at radius 1 is 1.25 bits per heavy atom. The molecule has 3 heteroatoms. The Balaban J connectivity index is 1.58. The van der Waals surface area contributed by atoms with Crippen molar-refractivity contribution in [3.05, 3.63) is 30.1 Å². The van der Waals surface area contributed by atoms with Gasteiger partial charge in [0, 0.05) is 0 Å². The molecule has 1 spiro atoms. The van der Waals surface area contributed by atoms with Crippen LogP contribution in [-0.2, 0) is 11.3 Å². The Hall–Kier alpha value is -1.35. The van der Waals surface area contributed by atoms with E-state index in [0.717, 1.165) is 17.9 Å². The van der Waals surface area contributed by atoms with Gasteiger partial charge < -0.3 is 9.30 Å². The molecular formula is C17H22N2O. The Labute approximate surface area is 120 Å². The number of para-hydroxylation sites is 2. The van der Waals surface area contributed by atoms with Gasteiger partial charge in [0.05, 0.1) is 29.3 Å². The van der Waals surface area contributed by atoms with Crippen molar-refractivity contribution < 1.29 is 4.74 Å². The molecule has 1 aromatic heterocycles. The second kappa shape index (κ2) is 4.59. The van der Waals surface area contributed by atoms with E-state index in [-0.39, 0.29) is 5.60 Å². The van der Waals surface area contributed by atoms with Crippen molar-refractivity contribution in [2.45, 2.75) is 63.7 Å². The fourth-order valence-corrected chi connectivity index (χ4v) is 4.04. The van der Waals surface area contributed by atoms with Crippen LogP contribution in [0.1, 0.15) is 44.3 Å². The maximum absolute atomic E-state index is 6.44. The predicted octanol–water partition coefficient (Wildman–Crippen LogP) is 3.84. The zero-order chi connectivity index (χ0) is 13.6. The molecule has 2 aromatic rings. The van der Waals surface area contributed by atoms with Gasteiger partial charge in [-0.3, -0.25) is 0 Å². The van der Waals surface area contributed by atoms with Crippen LogP contribution in [0.4, 0.5) is 0 Å². The van der Waals surface area contributed by atoms with Gasteiger partial charge in [-0.05, 0) is 44.7 Å². The first kappa shape index (κ1) is 12.4. The highest BCUT2D eigenvalue weighted by Gasteiger charge is 2.42. The first-order valence-corrected chi connectivity index (χ1v) is 7.85. The molecule has 0 N–H and O–H groups in total. The SMILES string of the molecule is Cc1nc2ccccc2n1CC1CCC2(CCCC2)O1. The van der Waals surface area contributed by atoms with Gasteiger partial charge in [0.15, 0.2) is 0 Å². The summed E-state index contributed by atoms with van der Waals surface area (Å²) in [5.74, 6) is 1.10. The van der Waals surface area contributed by atoms with E-state index in [1.54, 1.807) is 0 Å². The highest BCUT2D eigenvalue weighted by atomic mass is 16.5. The number of nitrogens with zero attached hydrogens (tertiary/aromatic N) is 2. The Morgan fingerprint density at radius 3 is 2.90 bits per heavy atom. The van der Waals surface area contributed by atoms with E-state index in [0.29, 0.717) is 6.10 Å². The van der Waals surface area contributed by atoms with Gasteiger partial charge in [0.2, 0.25) is 0 Å². The number of hydrogen-bond acceptors (Lipinski definition) is 2. The van der Waals surface area contributed by atoms with E-state index in [9.17, 15) is 0 Å². The molecule has 1 aliphatic carbocycles. The summed E-state index contributed by atoms with van der Waals surface area (Å²) in [5, 5.41) is 0. The fourth-order valence-electron chi connectivity index (χ4n) is 4.04. The molecule has 2 aliphatic rings. The summed E-state index contributed by atoms with van der Waals surface area (Å²) >= 11 is 0. The smallest absolute Gasteiger partial charge is 0.106 e. The lowest BCUT2D eigenvalue weighted by Crippen LogP contribution is -2.26. The standard InChI is InChI=1S/C17H22N2O/c1-13-18-15-6-2-3-7-16(15)19(13)12-14-8-11-17(20-14)9-4-5-10-17/h2-3,6-7,14H,4-5,8-12H2,1H3. The van der Waals surface area contributed by atoms with Crippen LogP contribution >= 0.6 is 0 Å². The molecule has 1 atom stereocenters. The summed E-state index contributed by atoms with van der Waals surface area (Å²) in [6.45, 7) is 3.05. The summed E-state index contributed by atoms with van der Waals surface area (Å²) in [6, 6.07) is 8.40. The van der Waals surface area contributed by atoms with E-state index in [2.05, 4.69) is 40.7 Å². The molecule has 2 heterocycles. The maximum Gasteiger partial charge on any atom is 0.106 e. The van der Waals surface area contributed by atoms with Gasteiger partial charge >= 0.3 is 0 Å². The summed E-state index contributed by atoms with van der Waals surface area (Å²) in [7, 11) is 0. The van der Waals surface area contributed by atoms with Crippen LogP contribution < -0.4 is 0 Å². The third kappa shape index (κ3) is 1.96. The number of ether oxygens (including phenoxy) is 1. The number of imidazole rings is 1. The molecule has 0 bridgehead atoms. The lowest BCUT2D eigenvalue weighted by molar-refractivity contribution is -0.0416. The number of benzene rings is 1. The van der Waals surface area contributed by atoms with Gasteiger partial charge in [-0.25, -0.2) is 4.98 Å². The van der Waals surface area contributed by atoms with Crippen LogP contribution in [0.2, 0.25) is 0 Å². The van der Waals surface area contributed by atoms with Crippen LogP contribution in [0.15, 0.2) is 24.3 Å². The largest absolute Gasteiger partial charge is 0.370 e. The van der Waals surface area contributed by atoms with Crippen LogP contribution in [0, 0.1) is 6.92 Å². The van der Waals surface area contributed by atoms with Gasteiger partial charge in [-0.2, -0.15) is 0 Å². The molecule has 2 fully saturated rings. The molecule has 1 aliphatic heterocycles. The third-order valence-electron chi connectivity index (χ3n) is 5.08. The molecule has 0 radical (unpaired) electrons. The van der Waals surface area contributed by atoms with Crippen molar-refractivity contribution in [1.29, 1.82) is 0 Å². The number of aromatic nitrogens is 2. The van der Waals surface area contributed by atoms with Gasteiger partial charge in [-0.1, -0.05) is 25.0 Å². The van der Waals surface area contributed by atoms with Crippen LogP contribution in [0.5, 0.6) is 0 Å². The molecule has 1 aromatic carbocycles. The second-order valence-corrected chi connectivity index (χ2v) is 6.43. The average Bonchev–Trinajstić information content (AvgIpc) is 3.14. The van der Waals surface area contributed by atoms with E-state index >= 15 is 0 Å². The van der Waals surface area contributed by atoms with Crippen molar-refractivity contribution in [1.82, 2.24) is 9.55 Å². The van der Waals surface area contributed by atoms with Crippen molar-refractivity contribution in [2.75, 3.05) is 0 Å². The molecule has 0 amide bonds. The van der Waals surface area contributed by atoms with Gasteiger partial charge in [-0.15, -0.1) is 0 Å². The molecule has 106 valence electrons. The Bertz CT molecular complexity index is 625. The summed E-state index contributed by atoms with van der Waals surface area (Å²) in [5.41, 5.74) is 2.56. The minimum Gasteiger partial charge on any atom is -0.370 e. The highest BCUT2D eigenvalue weighted by molar-refractivity contribution is 5.75. The molecular weight excluding hydrogens is 248 g/mol. The molecule has 1 unspecified atom stereocenters. The molecule has 3 nitrogen and oxygen atoms in total. The lowest BCUT2D eigenvalue weighted by Gasteiger charge is -2.24. The molecule has 1 saturated carbocycles.